The highest BCUT2D eigenvalue weighted by Crippen LogP contribution is 2.12. The minimum absolute atomic E-state index is 0.0752. The summed E-state index contributed by atoms with van der Waals surface area (Å²) < 4.78 is 0. The molecule has 3 N–H and O–H groups in total. The number of anilines is 1. The molecule has 0 unspecified atom stereocenters. The highest BCUT2D eigenvalue weighted by atomic mass is 16.4. The monoisotopic (exact) mass is 248 g/mol. The summed E-state index contributed by atoms with van der Waals surface area (Å²) in [6, 6.07) is 7.04. The Morgan fingerprint density at radius 2 is 2.00 bits per heavy atom. The molecule has 1 rings (SSSR count). The Labute approximate surface area is 106 Å². The van der Waals surface area contributed by atoms with E-state index in [9.17, 15) is 9.59 Å². The maximum atomic E-state index is 11.5. The first-order valence-electron chi connectivity index (χ1n) is 5.52. The highest BCUT2D eigenvalue weighted by molar-refractivity contribution is 5.90. The molecular formula is C13H16N2O3. The number of urea groups is 1. The summed E-state index contributed by atoms with van der Waals surface area (Å²) in [5, 5.41) is 13.8. The van der Waals surface area contributed by atoms with Crippen molar-refractivity contribution in [3.8, 4) is 0 Å². The zero-order chi connectivity index (χ0) is 13.5. The lowest BCUT2D eigenvalue weighted by Gasteiger charge is -2.09. The van der Waals surface area contributed by atoms with Crippen molar-refractivity contribution in [3.63, 3.8) is 0 Å². The fourth-order valence-corrected chi connectivity index (χ4v) is 1.31. The average molecular weight is 248 g/mol. The van der Waals surface area contributed by atoms with Gasteiger partial charge in [-0.1, -0.05) is 24.8 Å². The normalized spacial score (nSPS) is 9.61. The van der Waals surface area contributed by atoms with Crippen molar-refractivity contribution in [1.29, 1.82) is 0 Å². The van der Waals surface area contributed by atoms with E-state index in [1.807, 2.05) is 25.1 Å². The van der Waals surface area contributed by atoms with Crippen molar-refractivity contribution in [3.05, 3.63) is 42.0 Å². The molecule has 0 saturated carbocycles. The Balaban J connectivity index is 2.37. The molecule has 0 bridgehead atoms. The third-order valence-electron chi connectivity index (χ3n) is 2.41. The van der Waals surface area contributed by atoms with E-state index in [1.54, 1.807) is 6.07 Å². The lowest BCUT2D eigenvalue weighted by molar-refractivity contribution is -0.132. The number of para-hydroxylation sites is 1. The first kappa shape index (κ1) is 13.8. The third-order valence-corrected chi connectivity index (χ3v) is 2.41. The number of nitrogens with one attached hydrogen (secondary N) is 2. The molecule has 0 fully saturated rings. The number of amides is 2. The molecule has 5 nitrogen and oxygen atoms in total. The van der Waals surface area contributed by atoms with E-state index in [0.717, 1.165) is 11.3 Å². The molecule has 5 heteroatoms. The third kappa shape index (κ3) is 4.29. The molecule has 18 heavy (non-hydrogen) atoms. The first-order valence-corrected chi connectivity index (χ1v) is 5.52. The first-order chi connectivity index (χ1) is 8.50. The van der Waals surface area contributed by atoms with E-state index >= 15 is 0 Å². The van der Waals surface area contributed by atoms with Crippen LogP contribution in [0.4, 0.5) is 10.5 Å². The minimum atomic E-state index is -1.05. The van der Waals surface area contributed by atoms with Crippen LogP contribution in [0.15, 0.2) is 36.4 Å². The van der Waals surface area contributed by atoms with Crippen molar-refractivity contribution < 1.29 is 14.7 Å². The molecule has 0 aliphatic carbocycles. The quantitative estimate of drug-likeness (QED) is 0.698. The number of aliphatic carboxylic acids is 1. The highest BCUT2D eigenvalue weighted by Gasteiger charge is 2.06. The van der Waals surface area contributed by atoms with Crippen LogP contribution >= 0.6 is 0 Å². The van der Waals surface area contributed by atoms with Crippen LogP contribution in [-0.4, -0.2) is 23.7 Å². The molecule has 0 aliphatic rings. The molecule has 1 aromatic carbocycles. The van der Waals surface area contributed by atoms with Gasteiger partial charge >= 0.3 is 12.0 Å². The van der Waals surface area contributed by atoms with Gasteiger partial charge in [0.05, 0.1) is 0 Å². The van der Waals surface area contributed by atoms with Gasteiger partial charge in [-0.2, -0.15) is 0 Å². The fraction of sp³-hybridized carbons (Fsp3) is 0.231. The number of aryl methyl sites for hydroxylation is 1. The van der Waals surface area contributed by atoms with E-state index in [2.05, 4.69) is 17.2 Å². The van der Waals surface area contributed by atoms with Gasteiger partial charge in [-0.15, -0.1) is 0 Å². The van der Waals surface area contributed by atoms with Gasteiger partial charge in [0.2, 0.25) is 0 Å². The van der Waals surface area contributed by atoms with Crippen LogP contribution in [0.25, 0.3) is 0 Å². The molecule has 0 radical (unpaired) electrons. The Morgan fingerprint density at radius 3 is 2.61 bits per heavy atom. The zero-order valence-electron chi connectivity index (χ0n) is 10.2. The molecule has 0 aliphatic heterocycles. The second-order valence-corrected chi connectivity index (χ2v) is 3.85. The summed E-state index contributed by atoms with van der Waals surface area (Å²) in [6.45, 7) is 5.51. The molecule has 2 amide bonds. The fourth-order valence-electron chi connectivity index (χ4n) is 1.31. The summed E-state index contributed by atoms with van der Waals surface area (Å²) in [5.74, 6) is -1.05. The summed E-state index contributed by atoms with van der Waals surface area (Å²) in [4.78, 5) is 22.0. The predicted octanol–water partition coefficient (Wildman–Crippen LogP) is 2.15. The predicted molar refractivity (Wildman–Crippen MR) is 69.6 cm³/mol. The number of hydrogen-bond donors (Lipinski definition) is 3. The molecule has 96 valence electrons. The van der Waals surface area contributed by atoms with Gasteiger partial charge in [0.15, 0.2) is 0 Å². The Morgan fingerprint density at radius 1 is 1.33 bits per heavy atom. The Hall–Kier alpha value is -2.30. The van der Waals surface area contributed by atoms with Crippen LogP contribution in [0.3, 0.4) is 0 Å². The molecule has 0 heterocycles. The summed E-state index contributed by atoms with van der Waals surface area (Å²) >= 11 is 0. The van der Waals surface area contributed by atoms with Gasteiger partial charge < -0.3 is 15.7 Å². The van der Waals surface area contributed by atoms with Crippen LogP contribution in [0.2, 0.25) is 0 Å². The van der Waals surface area contributed by atoms with Gasteiger partial charge in [-0.3, -0.25) is 0 Å². The van der Waals surface area contributed by atoms with Crippen molar-refractivity contribution in [1.82, 2.24) is 5.32 Å². The summed E-state index contributed by atoms with van der Waals surface area (Å²) in [5.41, 5.74) is 1.76. The van der Waals surface area contributed by atoms with Gasteiger partial charge in [0.1, 0.15) is 0 Å². The molecular weight excluding hydrogens is 232 g/mol. The average Bonchev–Trinajstić information content (AvgIpc) is 2.32. The molecule has 0 spiro atoms. The van der Waals surface area contributed by atoms with Crippen LogP contribution in [0, 0.1) is 6.92 Å². The van der Waals surface area contributed by atoms with Crippen molar-refractivity contribution in [2.75, 3.05) is 11.9 Å². The van der Waals surface area contributed by atoms with Crippen molar-refractivity contribution in [2.45, 2.75) is 13.3 Å². The van der Waals surface area contributed by atoms with E-state index in [1.165, 1.54) is 0 Å². The lowest BCUT2D eigenvalue weighted by Crippen LogP contribution is -2.30. The maximum absolute atomic E-state index is 11.5. The molecule has 0 aromatic heterocycles. The van der Waals surface area contributed by atoms with Gasteiger partial charge in [0.25, 0.3) is 0 Å². The summed E-state index contributed by atoms with van der Waals surface area (Å²) in [6.07, 6.45) is 0.219. The molecule has 0 atom stereocenters. The number of carbonyl (C=O) groups excluding carboxylic acids is 1. The second kappa shape index (κ2) is 6.44. The van der Waals surface area contributed by atoms with Gasteiger partial charge in [-0.25, -0.2) is 9.59 Å². The topological polar surface area (TPSA) is 78.4 Å². The standard InChI is InChI=1S/C13H16N2O3/c1-9-5-3-4-6-11(9)15-13(18)14-8-7-10(2)12(16)17/h3-6H,2,7-8H2,1H3,(H,16,17)(H2,14,15,18). The SMILES string of the molecule is C=C(CCNC(=O)Nc1ccccc1C)C(=O)O. The van der Waals surface area contributed by atoms with E-state index in [4.69, 9.17) is 5.11 Å². The van der Waals surface area contributed by atoms with E-state index in [0.29, 0.717) is 0 Å². The summed E-state index contributed by atoms with van der Waals surface area (Å²) in [7, 11) is 0. The lowest BCUT2D eigenvalue weighted by atomic mass is 10.2. The van der Waals surface area contributed by atoms with E-state index in [-0.39, 0.29) is 24.6 Å². The smallest absolute Gasteiger partial charge is 0.331 e. The Kier molecular flexibility index (Phi) is 4.92. The maximum Gasteiger partial charge on any atom is 0.331 e. The van der Waals surface area contributed by atoms with E-state index < -0.39 is 5.97 Å². The van der Waals surface area contributed by atoms with Crippen molar-refractivity contribution in [2.24, 2.45) is 0 Å². The van der Waals surface area contributed by atoms with Crippen molar-refractivity contribution >= 4 is 17.7 Å². The number of rotatable bonds is 5. The number of carbonyl (C=O) groups is 2. The molecule has 0 saturated heterocycles. The van der Waals surface area contributed by atoms with Crippen LogP contribution in [0.1, 0.15) is 12.0 Å². The van der Waals surface area contributed by atoms with Gasteiger partial charge in [-0.05, 0) is 25.0 Å². The van der Waals surface area contributed by atoms with Gasteiger partial charge in [0, 0.05) is 17.8 Å². The Bertz CT molecular complexity index is 469. The van der Waals surface area contributed by atoms with Crippen LogP contribution in [0.5, 0.6) is 0 Å². The van der Waals surface area contributed by atoms with Crippen LogP contribution < -0.4 is 10.6 Å². The largest absolute Gasteiger partial charge is 0.478 e. The zero-order valence-corrected chi connectivity index (χ0v) is 10.2. The number of hydrogen-bond acceptors (Lipinski definition) is 2. The molecule has 1 aromatic rings. The minimum Gasteiger partial charge on any atom is -0.478 e. The van der Waals surface area contributed by atoms with Crippen LogP contribution in [-0.2, 0) is 4.79 Å². The number of carboxylic acid groups (broad SMARTS) is 1. The number of benzene rings is 1. The number of carboxylic acids is 1. The second-order valence-electron chi connectivity index (χ2n) is 3.85.